The highest BCUT2D eigenvalue weighted by Crippen LogP contribution is 2.47. The highest BCUT2D eigenvalue weighted by atomic mass is 16.5. The zero-order valence-corrected chi connectivity index (χ0v) is 12.4. The van der Waals surface area contributed by atoms with Gasteiger partial charge in [-0.3, -0.25) is 0 Å². The monoisotopic (exact) mass is 279 g/mol. The van der Waals surface area contributed by atoms with E-state index < -0.39 is 6.10 Å². The summed E-state index contributed by atoms with van der Waals surface area (Å²) in [5.74, 6) is 1.39. The summed E-state index contributed by atoms with van der Waals surface area (Å²) in [6, 6.07) is 5.55. The predicted octanol–water partition coefficient (Wildman–Crippen LogP) is 2.65. The van der Waals surface area contributed by atoms with E-state index in [9.17, 15) is 5.11 Å². The lowest BCUT2D eigenvalue weighted by Crippen LogP contribution is -2.38. The minimum Gasteiger partial charge on any atom is -0.497 e. The van der Waals surface area contributed by atoms with Gasteiger partial charge in [0, 0.05) is 23.6 Å². The molecule has 3 N–H and O–H groups in total. The van der Waals surface area contributed by atoms with E-state index in [2.05, 4.69) is 0 Å². The Kier molecular flexibility index (Phi) is 4.89. The van der Waals surface area contributed by atoms with Crippen LogP contribution in [0, 0.1) is 5.41 Å². The molecule has 0 bridgehead atoms. The first-order chi connectivity index (χ1) is 9.66. The fourth-order valence-electron chi connectivity index (χ4n) is 3.22. The van der Waals surface area contributed by atoms with Crippen LogP contribution in [0.3, 0.4) is 0 Å². The number of methoxy groups -OCH3 is 2. The molecule has 1 unspecified atom stereocenters. The lowest BCUT2D eigenvalue weighted by Gasteiger charge is -2.40. The summed E-state index contributed by atoms with van der Waals surface area (Å²) in [4.78, 5) is 0. The minimum absolute atomic E-state index is 0.222. The van der Waals surface area contributed by atoms with Crippen molar-refractivity contribution in [2.24, 2.45) is 11.1 Å². The highest BCUT2D eigenvalue weighted by molar-refractivity contribution is 5.42. The zero-order chi connectivity index (χ0) is 14.6. The van der Waals surface area contributed by atoms with Crippen molar-refractivity contribution in [3.8, 4) is 11.5 Å². The summed E-state index contributed by atoms with van der Waals surface area (Å²) >= 11 is 0. The molecule has 1 atom stereocenters. The van der Waals surface area contributed by atoms with Crippen LogP contribution in [0.25, 0.3) is 0 Å². The van der Waals surface area contributed by atoms with Gasteiger partial charge in [-0.15, -0.1) is 0 Å². The first kappa shape index (κ1) is 15.1. The molecule has 112 valence electrons. The topological polar surface area (TPSA) is 64.7 Å². The van der Waals surface area contributed by atoms with Crippen molar-refractivity contribution >= 4 is 0 Å². The molecule has 0 heterocycles. The average Bonchev–Trinajstić information content (AvgIpc) is 2.54. The van der Waals surface area contributed by atoms with Crippen molar-refractivity contribution in [1.29, 1.82) is 0 Å². The molecule has 1 aromatic rings. The fourth-order valence-corrected chi connectivity index (χ4v) is 3.22. The quantitative estimate of drug-likeness (QED) is 0.869. The van der Waals surface area contributed by atoms with E-state index in [1.807, 2.05) is 18.2 Å². The summed E-state index contributed by atoms with van der Waals surface area (Å²) < 4.78 is 10.6. The van der Waals surface area contributed by atoms with Gasteiger partial charge in [0.2, 0.25) is 0 Å². The summed E-state index contributed by atoms with van der Waals surface area (Å²) in [5.41, 5.74) is 6.58. The van der Waals surface area contributed by atoms with E-state index >= 15 is 0 Å². The molecule has 1 aromatic carbocycles. The van der Waals surface area contributed by atoms with Gasteiger partial charge in [0.05, 0.1) is 20.3 Å². The molecule has 4 heteroatoms. The van der Waals surface area contributed by atoms with Gasteiger partial charge in [-0.1, -0.05) is 19.3 Å². The summed E-state index contributed by atoms with van der Waals surface area (Å²) in [6.45, 7) is 0.503. The van der Waals surface area contributed by atoms with Crippen LogP contribution < -0.4 is 15.2 Å². The zero-order valence-electron chi connectivity index (χ0n) is 12.4. The molecule has 20 heavy (non-hydrogen) atoms. The van der Waals surface area contributed by atoms with Crippen LogP contribution in [0.15, 0.2) is 18.2 Å². The Morgan fingerprint density at radius 3 is 2.45 bits per heavy atom. The number of aliphatic hydroxyl groups is 1. The van der Waals surface area contributed by atoms with E-state index in [-0.39, 0.29) is 5.41 Å². The maximum Gasteiger partial charge on any atom is 0.128 e. The Morgan fingerprint density at radius 2 is 1.90 bits per heavy atom. The summed E-state index contributed by atoms with van der Waals surface area (Å²) in [6.07, 6.45) is 4.85. The third-order valence-electron chi connectivity index (χ3n) is 4.57. The predicted molar refractivity (Wildman–Crippen MR) is 79.1 cm³/mol. The summed E-state index contributed by atoms with van der Waals surface area (Å²) in [5, 5.41) is 10.9. The van der Waals surface area contributed by atoms with Crippen LogP contribution in [0.4, 0.5) is 0 Å². The van der Waals surface area contributed by atoms with Gasteiger partial charge >= 0.3 is 0 Å². The van der Waals surface area contributed by atoms with Gasteiger partial charge < -0.3 is 20.3 Å². The Bertz CT molecular complexity index is 441. The molecule has 2 rings (SSSR count). The van der Waals surface area contributed by atoms with Crippen LogP contribution in [0.2, 0.25) is 0 Å². The maximum atomic E-state index is 10.9. The number of nitrogens with two attached hydrogens (primary N) is 1. The second kappa shape index (κ2) is 6.46. The Balaban J connectivity index is 2.33. The van der Waals surface area contributed by atoms with Crippen molar-refractivity contribution < 1.29 is 14.6 Å². The number of hydrogen-bond donors (Lipinski definition) is 2. The molecule has 1 aliphatic carbocycles. The van der Waals surface area contributed by atoms with Gasteiger partial charge in [0.1, 0.15) is 11.5 Å². The normalized spacial score (nSPS) is 19.4. The van der Waals surface area contributed by atoms with Crippen LogP contribution in [0.5, 0.6) is 11.5 Å². The number of hydrogen-bond acceptors (Lipinski definition) is 4. The van der Waals surface area contributed by atoms with Crippen LogP contribution in [0.1, 0.15) is 43.8 Å². The van der Waals surface area contributed by atoms with Gasteiger partial charge in [-0.2, -0.15) is 0 Å². The van der Waals surface area contributed by atoms with Crippen molar-refractivity contribution in [3.63, 3.8) is 0 Å². The molecular weight excluding hydrogens is 254 g/mol. The van der Waals surface area contributed by atoms with Crippen LogP contribution >= 0.6 is 0 Å². The van der Waals surface area contributed by atoms with E-state index in [0.29, 0.717) is 12.3 Å². The molecule has 0 amide bonds. The molecule has 0 aromatic heterocycles. The largest absolute Gasteiger partial charge is 0.497 e. The molecule has 0 radical (unpaired) electrons. The molecule has 0 saturated heterocycles. The van der Waals surface area contributed by atoms with Gasteiger partial charge in [0.25, 0.3) is 0 Å². The van der Waals surface area contributed by atoms with Gasteiger partial charge in [0.15, 0.2) is 0 Å². The Hall–Kier alpha value is -1.26. The number of benzene rings is 1. The Morgan fingerprint density at radius 1 is 1.20 bits per heavy atom. The van der Waals surface area contributed by atoms with Crippen molar-refractivity contribution in [3.05, 3.63) is 23.8 Å². The van der Waals surface area contributed by atoms with Crippen molar-refractivity contribution in [2.75, 3.05) is 20.8 Å². The molecule has 0 aliphatic heterocycles. The van der Waals surface area contributed by atoms with E-state index in [1.165, 1.54) is 6.42 Å². The smallest absolute Gasteiger partial charge is 0.128 e. The minimum atomic E-state index is -0.589. The van der Waals surface area contributed by atoms with E-state index in [1.54, 1.807) is 14.2 Å². The fraction of sp³-hybridized carbons (Fsp3) is 0.625. The van der Waals surface area contributed by atoms with Crippen molar-refractivity contribution in [1.82, 2.24) is 0 Å². The Labute approximate surface area is 120 Å². The number of aliphatic hydroxyl groups excluding tert-OH is 1. The number of rotatable bonds is 5. The lowest BCUT2D eigenvalue weighted by molar-refractivity contribution is -0.000733. The number of ether oxygens (including phenoxy) is 2. The van der Waals surface area contributed by atoms with E-state index in [4.69, 9.17) is 15.2 Å². The first-order valence-corrected chi connectivity index (χ1v) is 7.27. The second-order valence-electron chi connectivity index (χ2n) is 5.64. The van der Waals surface area contributed by atoms with Crippen LogP contribution in [-0.4, -0.2) is 25.9 Å². The molecule has 1 fully saturated rings. The van der Waals surface area contributed by atoms with Gasteiger partial charge in [-0.05, 0) is 25.0 Å². The third kappa shape index (κ3) is 2.76. The second-order valence-corrected chi connectivity index (χ2v) is 5.64. The SMILES string of the molecule is COc1ccc(C(O)C2(CN)CCCCC2)c(OC)c1. The van der Waals surface area contributed by atoms with Crippen molar-refractivity contribution in [2.45, 2.75) is 38.2 Å². The van der Waals surface area contributed by atoms with Gasteiger partial charge in [-0.25, -0.2) is 0 Å². The molecule has 1 aliphatic rings. The lowest BCUT2D eigenvalue weighted by atomic mass is 9.68. The third-order valence-corrected chi connectivity index (χ3v) is 4.57. The highest BCUT2D eigenvalue weighted by Gasteiger charge is 2.39. The van der Waals surface area contributed by atoms with E-state index in [0.717, 1.165) is 37.0 Å². The van der Waals surface area contributed by atoms with Crippen LogP contribution in [-0.2, 0) is 0 Å². The maximum absolute atomic E-state index is 10.9. The molecule has 0 spiro atoms. The molecule has 4 nitrogen and oxygen atoms in total. The molecule has 1 saturated carbocycles. The standard InChI is InChI=1S/C16H25NO3/c1-19-12-6-7-13(14(10-12)20-2)15(18)16(11-17)8-4-3-5-9-16/h6-7,10,15,18H,3-5,8-9,11,17H2,1-2H3. The molecular formula is C16H25NO3. The average molecular weight is 279 g/mol. The summed E-state index contributed by atoms with van der Waals surface area (Å²) in [7, 11) is 3.23. The first-order valence-electron chi connectivity index (χ1n) is 7.27.